The van der Waals surface area contributed by atoms with Gasteiger partial charge in [-0.3, -0.25) is 5.84 Å². The predicted octanol–water partition coefficient (Wildman–Crippen LogP) is 1.77. The van der Waals surface area contributed by atoms with Gasteiger partial charge >= 0.3 is 0 Å². The lowest BCUT2D eigenvalue weighted by Crippen LogP contribution is -2.30. The molecule has 4 nitrogen and oxygen atoms in total. The van der Waals surface area contributed by atoms with Crippen LogP contribution in [0.3, 0.4) is 0 Å². The number of nitrogens with two attached hydrogens (primary N) is 1. The summed E-state index contributed by atoms with van der Waals surface area (Å²) in [4.78, 5) is 4.00. The zero-order chi connectivity index (χ0) is 12.4. The van der Waals surface area contributed by atoms with Gasteiger partial charge in [0.2, 0.25) is 0 Å². The van der Waals surface area contributed by atoms with E-state index in [9.17, 15) is 4.39 Å². The average Bonchev–Trinajstić information content (AvgIpc) is 2.71. The van der Waals surface area contributed by atoms with Gasteiger partial charge in [-0.15, -0.1) is 0 Å². The molecule has 0 radical (unpaired) electrons. The minimum absolute atomic E-state index is 0.355. The number of hydrazine groups is 1. The van der Waals surface area contributed by atoms with Crippen molar-refractivity contribution >= 4 is 11.6 Å². The summed E-state index contributed by atoms with van der Waals surface area (Å²) in [6, 6.07) is 3.78. The molecule has 0 saturated carbocycles. The van der Waals surface area contributed by atoms with Gasteiger partial charge in [-0.05, 0) is 23.8 Å². The molecular formula is C11H12ClFN4. The Morgan fingerprint density at radius 1 is 1.53 bits per heavy atom. The summed E-state index contributed by atoms with van der Waals surface area (Å²) in [6.07, 6.45) is 3.30. The molecule has 1 aromatic carbocycles. The summed E-state index contributed by atoms with van der Waals surface area (Å²) in [5, 5.41) is 0.454. The Kier molecular flexibility index (Phi) is 3.42. The van der Waals surface area contributed by atoms with Crippen molar-refractivity contribution in [1.82, 2.24) is 15.0 Å². The maximum absolute atomic E-state index is 13.2. The molecule has 1 heterocycles. The van der Waals surface area contributed by atoms with Crippen LogP contribution in [-0.4, -0.2) is 9.55 Å². The lowest BCUT2D eigenvalue weighted by atomic mass is 10.0. The molecule has 0 aliphatic carbocycles. The summed E-state index contributed by atoms with van der Waals surface area (Å²) in [6.45, 7) is 0. The Labute approximate surface area is 103 Å². The Morgan fingerprint density at radius 3 is 2.88 bits per heavy atom. The number of imidazole rings is 1. The van der Waals surface area contributed by atoms with Crippen molar-refractivity contribution in [2.45, 2.75) is 6.04 Å². The number of hydrogen-bond donors (Lipinski definition) is 2. The first-order chi connectivity index (χ1) is 8.13. The summed E-state index contributed by atoms with van der Waals surface area (Å²) in [7, 11) is 1.83. The molecule has 3 N–H and O–H groups in total. The molecule has 1 atom stereocenters. The maximum Gasteiger partial charge on any atom is 0.123 e. The zero-order valence-electron chi connectivity index (χ0n) is 9.19. The molecule has 17 heavy (non-hydrogen) atoms. The van der Waals surface area contributed by atoms with Crippen molar-refractivity contribution in [2.75, 3.05) is 0 Å². The number of halogens is 2. The Hall–Kier alpha value is -1.43. The van der Waals surface area contributed by atoms with Crippen molar-refractivity contribution in [3.63, 3.8) is 0 Å². The van der Waals surface area contributed by atoms with Crippen LogP contribution < -0.4 is 11.3 Å². The molecule has 0 aliphatic rings. The van der Waals surface area contributed by atoms with Crippen LogP contribution in [0.25, 0.3) is 0 Å². The van der Waals surface area contributed by atoms with Gasteiger partial charge in [-0.1, -0.05) is 11.6 Å². The highest BCUT2D eigenvalue weighted by molar-refractivity contribution is 6.31. The highest BCUT2D eigenvalue weighted by Gasteiger charge is 2.19. The van der Waals surface area contributed by atoms with Crippen LogP contribution in [0, 0.1) is 5.82 Å². The van der Waals surface area contributed by atoms with Crippen LogP contribution in [0.5, 0.6) is 0 Å². The number of benzene rings is 1. The molecule has 0 amide bonds. The Bertz CT molecular complexity index is 526. The zero-order valence-corrected chi connectivity index (χ0v) is 9.95. The topological polar surface area (TPSA) is 55.9 Å². The number of rotatable bonds is 3. The van der Waals surface area contributed by atoms with Crippen LogP contribution in [0.1, 0.15) is 17.3 Å². The van der Waals surface area contributed by atoms with Crippen molar-refractivity contribution in [2.24, 2.45) is 12.9 Å². The normalized spacial score (nSPS) is 12.7. The van der Waals surface area contributed by atoms with Gasteiger partial charge in [0.1, 0.15) is 5.82 Å². The molecular weight excluding hydrogens is 243 g/mol. The monoisotopic (exact) mass is 254 g/mol. The van der Waals surface area contributed by atoms with Crippen LogP contribution >= 0.6 is 11.6 Å². The molecule has 0 saturated heterocycles. The minimum atomic E-state index is -0.398. The standard InChI is InChI=1S/C11H12ClFN4/c1-17-6-15-5-10(17)11(16-14)8-4-7(13)2-3-9(8)12/h2-6,11,16H,14H2,1H3. The molecule has 2 aromatic rings. The molecule has 1 aromatic heterocycles. The van der Waals surface area contributed by atoms with Gasteiger partial charge in [-0.2, -0.15) is 0 Å². The maximum atomic E-state index is 13.2. The van der Waals surface area contributed by atoms with Gasteiger partial charge in [0.15, 0.2) is 0 Å². The fourth-order valence-electron chi connectivity index (χ4n) is 1.72. The fourth-order valence-corrected chi connectivity index (χ4v) is 1.94. The SMILES string of the molecule is Cn1cncc1C(NN)c1cc(F)ccc1Cl. The Balaban J connectivity index is 2.49. The molecule has 0 bridgehead atoms. The van der Waals surface area contributed by atoms with E-state index < -0.39 is 6.04 Å². The molecule has 6 heteroatoms. The first kappa shape index (κ1) is 12.0. The molecule has 1 unspecified atom stereocenters. The number of aryl methyl sites for hydroxylation is 1. The molecule has 2 rings (SSSR count). The lowest BCUT2D eigenvalue weighted by molar-refractivity contribution is 0.583. The first-order valence-corrected chi connectivity index (χ1v) is 5.38. The predicted molar refractivity (Wildman–Crippen MR) is 63.8 cm³/mol. The summed E-state index contributed by atoms with van der Waals surface area (Å²) in [5.41, 5.74) is 4.00. The van der Waals surface area contributed by atoms with E-state index in [0.717, 1.165) is 5.69 Å². The molecule has 90 valence electrons. The number of nitrogens with one attached hydrogen (secondary N) is 1. The highest BCUT2D eigenvalue weighted by Crippen LogP contribution is 2.27. The fraction of sp³-hybridized carbons (Fsp3) is 0.182. The minimum Gasteiger partial charge on any atom is -0.336 e. The number of nitrogens with zero attached hydrogens (tertiary/aromatic N) is 2. The Morgan fingerprint density at radius 2 is 2.29 bits per heavy atom. The molecule has 0 fully saturated rings. The van der Waals surface area contributed by atoms with E-state index in [2.05, 4.69) is 10.4 Å². The number of aromatic nitrogens is 2. The summed E-state index contributed by atoms with van der Waals surface area (Å²) in [5.74, 6) is 5.16. The highest BCUT2D eigenvalue weighted by atomic mass is 35.5. The molecule has 0 aliphatic heterocycles. The second-order valence-corrected chi connectivity index (χ2v) is 4.10. The third-order valence-corrected chi connectivity index (χ3v) is 2.93. The van der Waals surface area contributed by atoms with Gasteiger partial charge in [0, 0.05) is 12.1 Å². The van der Waals surface area contributed by atoms with Crippen molar-refractivity contribution in [3.05, 3.63) is 52.8 Å². The van der Waals surface area contributed by atoms with Gasteiger partial charge in [0.25, 0.3) is 0 Å². The lowest BCUT2D eigenvalue weighted by Gasteiger charge is -2.18. The van der Waals surface area contributed by atoms with Gasteiger partial charge in [0.05, 0.1) is 24.3 Å². The third-order valence-electron chi connectivity index (χ3n) is 2.59. The smallest absolute Gasteiger partial charge is 0.123 e. The van der Waals surface area contributed by atoms with Crippen molar-refractivity contribution < 1.29 is 4.39 Å². The first-order valence-electron chi connectivity index (χ1n) is 5.00. The second kappa shape index (κ2) is 4.83. The van der Waals surface area contributed by atoms with E-state index in [1.165, 1.54) is 18.2 Å². The molecule has 0 spiro atoms. The third kappa shape index (κ3) is 2.31. The van der Waals surface area contributed by atoms with E-state index in [0.29, 0.717) is 10.6 Å². The van der Waals surface area contributed by atoms with Crippen LogP contribution in [-0.2, 0) is 7.05 Å². The largest absolute Gasteiger partial charge is 0.336 e. The summed E-state index contributed by atoms with van der Waals surface area (Å²) < 4.78 is 15.0. The second-order valence-electron chi connectivity index (χ2n) is 3.69. The van der Waals surface area contributed by atoms with Crippen LogP contribution in [0.15, 0.2) is 30.7 Å². The quantitative estimate of drug-likeness (QED) is 0.648. The van der Waals surface area contributed by atoms with Crippen molar-refractivity contribution in [3.8, 4) is 0 Å². The number of hydrogen-bond acceptors (Lipinski definition) is 3. The van der Waals surface area contributed by atoms with Crippen molar-refractivity contribution in [1.29, 1.82) is 0 Å². The van der Waals surface area contributed by atoms with E-state index in [1.54, 1.807) is 17.1 Å². The van der Waals surface area contributed by atoms with Gasteiger partial charge < -0.3 is 4.57 Å². The van der Waals surface area contributed by atoms with E-state index in [4.69, 9.17) is 17.4 Å². The van der Waals surface area contributed by atoms with Crippen LogP contribution in [0.2, 0.25) is 5.02 Å². The average molecular weight is 255 g/mol. The van der Waals surface area contributed by atoms with Gasteiger partial charge in [-0.25, -0.2) is 14.8 Å². The summed E-state index contributed by atoms with van der Waals surface area (Å²) >= 11 is 6.05. The van der Waals surface area contributed by atoms with E-state index >= 15 is 0 Å². The van der Waals surface area contributed by atoms with Crippen LogP contribution in [0.4, 0.5) is 4.39 Å². The van der Waals surface area contributed by atoms with E-state index in [1.807, 2.05) is 7.05 Å². The van der Waals surface area contributed by atoms with E-state index in [-0.39, 0.29) is 5.82 Å².